The summed E-state index contributed by atoms with van der Waals surface area (Å²) < 4.78 is 4.58. The molecule has 0 heterocycles. The second kappa shape index (κ2) is 4.33. The summed E-state index contributed by atoms with van der Waals surface area (Å²) in [4.78, 5) is 10.3. The topological polar surface area (TPSA) is 52.3 Å². The van der Waals surface area contributed by atoms with E-state index >= 15 is 0 Å². The summed E-state index contributed by atoms with van der Waals surface area (Å²) in [6.45, 7) is 8.16. The molecule has 2 N–H and O–H groups in total. The first-order valence-electron chi connectivity index (χ1n) is 3.02. The van der Waals surface area contributed by atoms with Gasteiger partial charge in [0.05, 0.1) is 0 Å². The largest absolute Gasteiger partial charge is 0.427 e. The van der Waals surface area contributed by atoms with Gasteiger partial charge in [0.2, 0.25) is 0 Å². The maximum atomic E-state index is 10.3. The highest BCUT2D eigenvalue weighted by molar-refractivity contribution is 5.67. The second-order valence-electron chi connectivity index (χ2n) is 1.97. The first kappa shape index (κ1) is 9.49. The Balaban J connectivity index is 3.88. The zero-order valence-corrected chi connectivity index (χ0v) is 6.46. The molecule has 0 aromatic carbocycles. The third-order valence-electron chi connectivity index (χ3n) is 0.758. The number of nitrogens with two attached hydrogens (primary N) is 1. The van der Waals surface area contributed by atoms with Crippen LogP contribution in [0.3, 0.4) is 0 Å². The molecule has 3 heteroatoms. The highest BCUT2D eigenvalue weighted by atomic mass is 16.5. The van der Waals surface area contributed by atoms with E-state index in [-0.39, 0.29) is 5.76 Å². The Morgan fingerprint density at radius 1 is 1.45 bits per heavy atom. The summed E-state index contributed by atoms with van der Waals surface area (Å²) in [5.74, 6) is -0.147. The molecule has 0 saturated carbocycles. The third kappa shape index (κ3) is 6.37. The van der Waals surface area contributed by atoms with E-state index in [1.165, 1.54) is 19.1 Å². The molecule has 60 valence electrons. The van der Waals surface area contributed by atoms with Gasteiger partial charge in [0.25, 0.3) is 0 Å². The fraction of sp³-hybridized carbons (Fsp3) is 0.125. The average Bonchev–Trinajstić information content (AvgIpc) is 1.82. The average molecular weight is 153 g/mol. The van der Waals surface area contributed by atoms with Gasteiger partial charge in [-0.15, -0.1) is 0 Å². The molecule has 0 aliphatic carbocycles. The molecule has 0 aromatic rings. The third-order valence-corrected chi connectivity index (χ3v) is 0.758. The minimum atomic E-state index is -0.401. The van der Waals surface area contributed by atoms with E-state index in [4.69, 9.17) is 5.73 Å². The van der Waals surface area contributed by atoms with E-state index in [9.17, 15) is 4.79 Å². The minimum absolute atomic E-state index is 0.254. The van der Waals surface area contributed by atoms with Crippen molar-refractivity contribution in [3.8, 4) is 0 Å². The monoisotopic (exact) mass is 153 g/mol. The minimum Gasteiger partial charge on any atom is -0.427 e. The zero-order valence-electron chi connectivity index (χ0n) is 6.46. The molecule has 0 fully saturated rings. The predicted molar refractivity (Wildman–Crippen MR) is 43.4 cm³/mol. The van der Waals surface area contributed by atoms with Crippen molar-refractivity contribution < 1.29 is 9.53 Å². The van der Waals surface area contributed by atoms with Crippen LogP contribution in [0.25, 0.3) is 0 Å². The van der Waals surface area contributed by atoms with Gasteiger partial charge >= 0.3 is 5.97 Å². The summed E-state index contributed by atoms with van der Waals surface area (Å²) in [6, 6.07) is 0. The lowest BCUT2D eigenvalue weighted by molar-refractivity contribution is -0.136. The van der Waals surface area contributed by atoms with E-state index < -0.39 is 5.97 Å². The summed E-state index contributed by atoms with van der Waals surface area (Å²) >= 11 is 0. The summed E-state index contributed by atoms with van der Waals surface area (Å²) in [6.07, 6.45) is 2.98. The van der Waals surface area contributed by atoms with E-state index in [1.807, 2.05) is 0 Å². The first-order chi connectivity index (χ1) is 5.02. The highest BCUT2D eigenvalue weighted by Gasteiger charge is 1.92. The van der Waals surface area contributed by atoms with Crippen LogP contribution in [-0.4, -0.2) is 5.97 Å². The fourth-order valence-corrected chi connectivity index (χ4v) is 0.419. The second-order valence-corrected chi connectivity index (χ2v) is 1.97. The SMILES string of the molecule is C=C(N)/C=C\C(=C)OC(C)=O. The summed E-state index contributed by atoms with van der Waals surface area (Å²) in [5.41, 5.74) is 5.60. The molecule has 0 rings (SSSR count). The lowest BCUT2D eigenvalue weighted by atomic mass is 10.4. The van der Waals surface area contributed by atoms with Crippen LogP contribution in [0.1, 0.15) is 6.92 Å². The highest BCUT2D eigenvalue weighted by Crippen LogP contribution is 1.96. The first-order valence-corrected chi connectivity index (χ1v) is 3.02. The van der Waals surface area contributed by atoms with Crippen molar-refractivity contribution in [3.05, 3.63) is 36.8 Å². The maximum absolute atomic E-state index is 10.3. The number of hydrogen-bond donors (Lipinski definition) is 1. The standard InChI is InChI=1S/C8H11NO2/c1-6(9)4-5-7(2)11-8(3)10/h4-5H,1-2,9H2,3H3/b5-4-. The molecule has 0 spiro atoms. The smallest absolute Gasteiger partial charge is 0.308 e. The van der Waals surface area contributed by atoms with Gasteiger partial charge in [-0.25, -0.2) is 0 Å². The van der Waals surface area contributed by atoms with Gasteiger partial charge in [-0.3, -0.25) is 4.79 Å². The summed E-state index contributed by atoms with van der Waals surface area (Å²) in [7, 11) is 0. The van der Waals surface area contributed by atoms with Gasteiger partial charge in [-0.05, 0) is 12.2 Å². The Hall–Kier alpha value is -1.51. The summed E-state index contributed by atoms with van der Waals surface area (Å²) in [5, 5.41) is 0. The molecule has 0 bridgehead atoms. The van der Waals surface area contributed by atoms with Gasteiger partial charge < -0.3 is 10.5 Å². The van der Waals surface area contributed by atoms with Crippen molar-refractivity contribution in [1.29, 1.82) is 0 Å². The fourth-order valence-electron chi connectivity index (χ4n) is 0.419. The Kier molecular flexibility index (Phi) is 3.73. The normalized spacial score (nSPS) is 9.55. The van der Waals surface area contributed by atoms with Gasteiger partial charge in [0.1, 0.15) is 5.76 Å². The van der Waals surface area contributed by atoms with Gasteiger partial charge in [-0.1, -0.05) is 13.2 Å². The Bertz CT molecular complexity index is 216. The van der Waals surface area contributed by atoms with Gasteiger partial charge in [0, 0.05) is 12.6 Å². The maximum Gasteiger partial charge on any atom is 0.308 e. The zero-order chi connectivity index (χ0) is 8.85. The molecule has 0 amide bonds. The quantitative estimate of drug-likeness (QED) is 0.375. The molecule has 0 aromatic heterocycles. The van der Waals surface area contributed by atoms with Crippen LogP contribution in [0.2, 0.25) is 0 Å². The number of hydrogen-bond acceptors (Lipinski definition) is 3. The van der Waals surface area contributed by atoms with Crippen LogP contribution in [0.5, 0.6) is 0 Å². The van der Waals surface area contributed by atoms with Crippen molar-refractivity contribution in [2.24, 2.45) is 5.73 Å². The molecular weight excluding hydrogens is 142 g/mol. The molecule has 0 radical (unpaired) electrons. The predicted octanol–water partition coefficient (Wildman–Crippen LogP) is 1.09. The molecular formula is C8H11NO2. The van der Waals surface area contributed by atoms with Crippen LogP contribution in [0, 0.1) is 0 Å². The molecule has 0 atom stereocenters. The van der Waals surface area contributed by atoms with Gasteiger partial charge in [-0.2, -0.15) is 0 Å². The van der Waals surface area contributed by atoms with Crippen LogP contribution in [0.15, 0.2) is 36.8 Å². The Morgan fingerprint density at radius 2 is 2.00 bits per heavy atom. The number of carbonyl (C=O) groups excluding carboxylic acids is 1. The number of allylic oxidation sites excluding steroid dienone is 2. The molecule has 11 heavy (non-hydrogen) atoms. The molecule has 0 aliphatic heterocycles. The lowest BCUT2D eigenvalue weighted by Crippen LogP contribution is -1.96. The van der Waals surface area contributed by atoms with Gasteiger partial charge in [0.15, 0.2) is 0 Å². The van der Waals surface area contributed by atoms with Crippen molar-refractivity contribution in [2.45, 2.75) is 6.92 Å². The molecule has 0 aliphatic rings. The number of rotatable bonds is 3. The van der Waals surface area contributed by atoms with Crippen molar-refractivity contribution in [1.82, 2.24) is 0 Å². The molecule has 0 saturated heterocycles. The number of carbonyl (C=O) groups is 1. The van der Waals surface area contributed by atoms with E-state index in [0.29, 0.717) is 5.70 Å². The Labute approximate surface area is 65.8 Å². The van der Waals surface area contributed by atoms with E-state index in [0.717, 1.165) is 0 Å². The lowest BCUT2D eigenvalue weighted by Gasteiger charge is -1.97. The van der Waals surface area contributed by atoms with Crippen molar-refractivity contribution in [3.63, 3.8) is 0 Å². The van der Waals surface area contributed by atoms with Crippen molar-refractivity contribution >= 4 is 5.97 Å². The van der Waals surface area contributed by atoms with Crippen LogP contribution in [0.4, 0.5) is 0 Å². The number of esters is 1. The van der Waals surface area contributed by atoms with Crippen LogP contribution < -0.4 is 5.73 Å². The molecule has 0 unspecified atom stereocenters. The van der Waals surface area contributed by atoms with E-state index in [1.54, 1.807) is 0 Å². The van der Waals surface area contributed by atoms with Crippen LogP contribution >= 0.6 is 0 Å². The van der Waals surface area contributed by atoms with E-state index in [2.05, 4.69) is 17.9 Å². The number of ether oxygens (including phenoxy) is 1. The Morgan fingerprint density at radius 3 is 2.36 bits per heavy atom. The molecule has 3 nitrogen and oxygen atoms in total. The van der Waals surface area contributed by atoms with Crippen LogP contribution in [-0.2, 0) is 9.53 Å². The van der Waals surface area contributed by atoms with Crippen molar-refractivity contribution in [2.75, 3.05) is 0 Å².